The van der Waals surface area contributed by atoms with Crippen molar-refractivity contribution in [2.24, 2.45) is 0 Å². The number of hydrogen-bond acceptors (Lipinski definition) is 2. The SMILES string of the molecule is CCCCCC(C)(C)c1ccc(C(C)C)c(C(=O)O)c1O. The average Bonchev–Trinajstić information content (AvgIpc) is 2.37. The minimum absolute atomic E-state index is 0.0600. The van der Waals surface area contributed by atoms with Gasteiger partial charge in [-0.15, -0.1) is 0 Å². The van der Waals surface area contributed by atoms with Crippen LogP contribution in [0.1, 0.15) is 87.7 Å². The molecule has 3 nitrogen and oxygen atoms in total. The Kier molecular flexibility index (Phi) is 5.82. The van der Waals surface area contributed by atoms with Gasteiger partial charge in [0.25, 0.3) is 0 Å². The van der Waals surface area contributed by atoms with E-state index in [9.17, 15) is 15.0 Å². The van der Waals surface area contributed by atoms with Crippen LogP contribution in [0, 0.1) is 0 Å². The van der Waals surface area contributed by atoms with E-state index in [0.717, 1.165) is 31.2 Å². The molecule has 1 rings (SSSR count). The van der Waals surface area contributed by atoms with E-state index in [1.807, 2.05) is 26.0 Å². The molecule has 1 aromatic carbocycles. The van der Waals surface area contributed by atoms with E-state index in [1.54, 1.807) is 0 Å². The van der Waals surface area contributed by atoms with Gasteiger partial charge in [0.2, 0.25) is 0 Å². The van der Waals surface area contributed by atoms with Crippen molar-refractivity contribution < 1.29 is 15.0 Å². The Balaban J connectivity index is 3.26. The van der Waals surface area contributed by atoms with E-state index in [1.165, 1.54) is 0 Å². The molecular weight excluding hydrogens is 264 g/mol. The molecule has 0 fully saturated rings. The Hall–Kier alpha value is -1.51. The Morgan fingerprint density at radius 3 is 2.33 bits per heavy atom. The third kappa shape index (κ3) is 3.99. The highest BCUT2D eigenvalue weighted by Crippen LogP contribution is 2.39. The topological polar surface area (TPSA) is 57.5 Å². The second-order valence-corrected chi connectivity index (χ2v) is 6.73. The maximum Gasteiger partial charge on any atom is 0.339 e. The van der Waals surface area contributed by atoms with Crippen LogP contribution in [0.2, 0.25) is 0 Å². The second kappa shape index (κ2) is 6.97. The quantitative estimate of drug-likeness (QED) is 0.690. The van der Waals surface area contributed by atoms with Crippen LogP contribution < -0.4 is 0 Å². The summed E-state index contributed by atoms with van der Waals surface area (Å²) in [6, 6.07) is 3.74. The Labute approximate surface area is 128 Å². The molecule has 0 aliphatic rings. The molecule has 0 saturated heterocycles. The fourth-order valence-corrected chi connectivity index (χ4v) is 2.81. The largest absolute Gasteiger partial charge is 0.507 e. The number of carboxylic acids is 1. The molecule has 3 heteroatoms. The van der Waals surface area contributed by atoms with E-state index >= 15 is 0 Å². The van der Waals surface area contributed by atoms with Crippen molar-refractivity contribution in [1.29, 1.82) is 0 Å². The zero-order chi connectivity index (χ0) is 16.2. The molecule has 0 atom stereocenters. The fraction of sp³-hybridized carbons (Fsp3) is 0.611. The molecule has 0 heterocycles. The van der Waals surface area contributed by atoms with Crippen molar-refractivity contribution in [2.45, 2.75) is 71.6 Å². The van der Waals surface area contributed by atoms with E-state index in [0.29, 0.717) is 5.56 Å². The molecule has 118 valence electrons. The maximum absolute atomic E-state index is 11.5. The number of rotatable bonds is 7. The first-order chi connectivity index (χ1) is 9.72. The van der Waals surface area contributed by atoms with Gasteiger partial charge in [0.15, 0.2) is 0 Å². The molecule has 21 heavy (non-hydrogen) atoms. The summed E-state index contributed by atoms with van der Waals surface area (Å²) in [5, 5.41) is 19.9. The van der Waals surface area contributed by atoms with Gasteiger partial charge in [-0.3, -0.25) is 0 Å². The van der Waals surface area contributed by atoms with Gasteiger partial charge in [0.05, 0.1) is 0 Å². The van der Waals surface area contributed by atoms with Crippen LogP contribution in [0.5, 0.6) is 5.75 Å². The van der Waals surface area contributed by atoms with E-state index < -0.39 is 5.97 Å². The van der Waals surface area contributed by atoms with E-state index in [4.69, 9.17) is 0 Å². The minimum atomic E-state index is -1.05. The number of hydrogen-bond donors (Lipinski definition) is 2. The lowest BCUT2D eigenvalue weighted by Gasteiger charge is -2.28. The summed E-state index contributed by atoms with van der Waals surface area (Å²) in [6.45, 7) is 10.2. The Bertz CT molecular complexity index is 501. The molecule has 2 N–H and O–H groups in total. The zero-order valence-electron chi connectivity index (χ0n) is 13.9. The number of aromatic carboxylic acids is 1. The molecule has 0 radical (unpaired) electrons. The van der Waals surface area contributed by atoms with Gasteiger partial charge in [0, 0.05) is 5.56 Å². The van der Waals surface area contributed by atoms with Gasteiger partial charge in [0.1, 0.15) is 11.3 Å². The Morgan fingerprint density at radius 2 is 1.86 bits per heavy atom. The van der Waals surface area contributed by atoms with Crippen LogP contribution in [0.3, 0.4) is 0 Å². The van der Waals surface area contributed by atoms with Crippen molar-refractivity contribution in [3.8, 4) is 5.75 Å². The van der Waals surface area contributed by atoms with Crippen LogP contribution in [-0.4, -0.2) is 16.2 Å². The molecule has 0 aliphatic heterocycles. The molecule has 0 aliphatic carbocycles. The van der Waals surface area contributed by atoms with E-state index in [-0.39, 0.29) is 22.6 Å². The number of unbranched alkanes of at least 4 members (excludes halogenated alkanes) is 2. The molecule has 0 spiro atoms. The smallest absolute Gasteiger partial charge is 0.339 e. The first kappa shape index (κ1) is 17.5. The monoisotopic (exact) mass is 292 g/mol. The van der Waals surface area contributed by atoms with Crippen molar-refractivity contribution in [3.05, 3.63) is 28.8 Å². The summed E-state index contributed by atoms with van der Waals surface area (Å²) < 4.78 is 0. The van der Waals surface area contributed by atoms with Crippen LogP contribution in [0.25, 0.3) is 0 Å². The normalized spacial score (nSPS) is 11.9. The lowest BCUT2D eigenvalue weighted by Crippen LogP contribution is -2.19. The standard InChI is InChI=1S/C18H28O3/c1-6-7-8-11-18(4,5)14-10-9-13(12(2)3)15(16(14)19)17(20)21/h9-10,12,19H,6-8,11H2,1-5H3,(H,20,21). The van der Waals surface area contributed by atoms with Gasteiger partial charge in [-0.25, -0.2) is 4.79 Å². The highest BCUT2D eigenvalue weighted by molar-refractivity contribution is 5.93. The van der Waals surface area contributed by atoms with Crippen molar-refractivity contribution in [3.63, 3.8) is 0 Å². The van der Waals surface area contributed by atoms with E-state index in [2.05, 4.69) is 20.8 Å². The molecule has 0 aromatic heterocycles. The predicted octanol–water partition coefficient (Wildman–Crippen LogP) is 5.07. The number of carboxylic acid groups (broad SMARTS) is 1. The third-order valence-electron chi connectivity index (χ3n) is 4.18. The predicted molar refractivity (Wildman–Crippen MR) is 86.3 cm³/mol. The molecule has 0 unspecified atom stereocenters. The van der Waals surface area contributed by atoms with Crippen molar-refractivity contribution in [2.75, 3.05) is 0 Å². The highest BCUT2D eigenvalue weighted by Gasteiger charge is 2.28. The minimum Gasteiger partial charge on any atom is -0.507 e. The van der Waals surface area contributed by atoms with Crippen molar-refractivity contribution >= 4 is 5.97 Å². The molecule has 0 bridgehead atoms. The number of phenols is 1. The lowest BCUT2D eigenvalue weighted by molar-refractivity contribution is 0.0691. The lowest BCUT2D eigenvalue weighted by atomic mass is 9.77. The van der Waals surface area contributed by atoms with Gasteiger partial charge in [-0.2, -0.15) is 0 Å². The summed E-state index contributed by atoms with van der Waals surface area (Å²) in [7, 11) is 0. The highest BCUT2D eigenvalue weighted by atomic mass is 16.4. The van der Waals surface area contributed by atoms with Crippen LogP contribution in [0.4, 0.5) is 0 Å². The summed E-state index contributed by atoms with van der Waals surface area (Å²) in [5.41, 5.74) is 1.26. The molecular formula is C18H28O3. The number of benzene rings is 1. The Morgan fingerprint density at radius 1 is 1.24 bits per heavy atom. The average molecular weight is 292 g/mol. The summed E-state index contributed by atoms with van der Waals surface area (Å²) >= 11 is 0. The maximum atomic E-state index is 11.5. The second-order valence-electron chi connectivity index (χ2n) is 6.73. The van der Waals surface area contributed by atoms with Crippen LogP contribution >= 0.6 is 0 Å². The summed E-state index contributed by atoms with van der Waals surface area (Å²) in [6.07, 6.45) is 4.32. The third-order valence-corrected chi connectivity index (χ3v) is 4.18. The zero-order valence-corrected chi connectivity index (χ0v) is 13.9. The molecule has 1 aromatic rings. The summed E-state index contributed by atoms with van der Waals surface area (Å²) in [5.74, 6) is -1.04. The van der Waals surface area contributed by atoms with Gasteiger partial charge >= 0.3 is 5.97 Å². The van der Waals surface area contributed by atoms with Gasteiger partial charge < -0.3 is 10.2 Å². The first-order valence-corrected chi connectivity index (χ1v) is 7.82. The fourth-order valence-electron chi connectivity index (χ4n) is 2.81. The van der Waals surface area contributed by atoms with Crippen molar-refractivity contribution in [1.82, 2.24) is 0 Å². The van der Waals surface area contributed by atoms with Crippen LogP contribution in [0.15, 0.2) is 12.1 Å². The van der Waals surface area contributed by atoms with Crippen LogP contribution in [-0.2, 0) is 5.41 Å². The first-order valence-electron chi connectivity index (χ1n) is 7.82. The number of aromatic hydroxyl groups is 1. The van der Waals surface area contributed by atoms with Gasteiger partial charge in [-0.05, 0) is 23.3 Å². The van der Waals surface area contributed by atoms with Gasteiger partial charge in [-0.1, -0.05) is 66.0 Å². The molecule has 0 amide bonds. The molecule has 0 saturated carbocycles. The number of carbonyl (C=O) groups is 1. The summed E-state index contributed by atoms with van der Waals surface area (Å²) in [4.78, 5) is 11.5.